The second kappa shape index (κ2) is 9.17. The smallest absolute Gasteiger partial charge is 0.222 e. The highest BCUT2D eigenvalue weighted by atomic mass is 32.1. The highest BCUT2D eigenvalue weighted by Crippen LogP contribution is 2.24. The van der Waals surface area contributed by atoms with Crippen molar-refractivity contribution < 1.29 is 4.79 Å². The number of carbonyl (C=O) groups excluding carboxylic acids is 1. The Morgan fingerprint density at radius 1 is 1.13 bits per heavy atom. The van der Waals surface area contributed by atoms with Crippen molar-refractivity contribution in [3.8, 4) is 5.69 Å². The predicted molar refractivity (Wildman–Crippen MR) is 120 cm³/mol. The zero-order valence-electron chi connectivity index (χ0n) is 17.2. The van der Waals surface area contributed by atoms with Crippen molar-refractivity contribution in [3.63, 3.8) is 0 Å². The van der Waals surface area contributed by atoms with E-state index < -0.39 is 0 Å². The van der Waals surface area contributed by atoms with Crippen molar-refractivity contribution in [2.75, 3.05) is 7.05 Å². The van der Waals surface area contributed by atoms with Crippen LogP contribution < -0.4 is 0 Å². The van der Waals surface area contributed by atoms with Crippen LogP contribution in [0.2, 0.25) is 0 Å². The minimum absolute atomic E-state index is 0.0200. The standard InChI is InChI=1S/C23H25N5OS/c1-17(18-11-13-19(14-12-18)28-16-24-15-25-28)27(2)23(29)10-6-5-9-22-26-20-7-3-4-8-21(20)30-22/h3-4,7-8,11-17H,5-6,9-10H2,1-2H3/t17-/m0/s1. The number of fused-ring (bicyclic) bond motifs is 1. The third-order valence-electron chi connectivity index (χ3n) is 5.40. The van der Waals surface area contributed by atoms with E-state index in [1.807, 2.05) is 54.4 Å². The number of aromatic nitrogens is 4. The van der Waals surface area contributed by atoms with Crippen LogP contribution in [0.5, 0.6) is 0 Å². The van der Waals surface area contributed by atoms with E-state index >= 15 is 0 Å². The zero-order valence-corrected chi connectivity index (χ0v) is 18.0. The number of para-hydroxylation sites is 1. The molecule has 0 aliphatic heterocycles. The Kier molecular flexibility index (Phi) is 6.18. The number of carbonyl (C=O) groups is 1. The molecule has 0 aliphatic carbocycles. The van der Waals surface area contributed by atoms with E-state index in [0.29, 0.717) is 6.42 Å². The molecule has 2 heterocycles. The summed E-state index contributed by atoms with van der Waals surface area (Å²) in [4.78, 5) is 23.1. The molecule has 1 amide bonds. The summed E-state index contributed by atoms with van der Waals surface area (Å²) in [5.74, 6) is 0.173. The lowest BCUT2D eigenvalue weighted by molar-refractivity contribution is -0.131. The van der Waals surface area contributed by atoms with Gasteiger partial charge in [0.1, 0.15) is 12.7 Å². The maximum Gasteiger partial charge on any atom is 0.222 e. The number of rotatable bonds is 8. The van der Waals surface area contributed by atoms with Gasteiger partial charge in [-0.25, -0.2) is 14.6 Å². The van der Waals surface area contributed by atoms with Gasteiger partial charge in [-0.1, -0.05) is 24.3 Å². The molecule has 4 rings (SSSR count). The van der Waals surface area contributed by atoms with Crippen LogP contribution in [0, 0.1) is 0 Å². The first kappa shape index (κ1) is 20.2. The van der Waals surface area contributed by atoms with Gasteiger partial charge in [-0.05, 0) is 56.0 Å². The summed E-state index contributed by atoms with van der Waals surface area (Å²) >= 11 is 1.75. The molecule has 0 unspecified atom stereocenters. The van der Waals surface area contributed by atoms with Gasteiger partial charge in [-0.3, -0.25) is 4.79 Å². The molecule has 0 saturated carbocycles. The van der Waals surface area contributed by atoms with E-state index in [4.69, 9.17) is 0 Å². The Morgan fingerprint density at radius 3 is 2.67 bits per heavy atom. The molecule has 0 bridgehead atoms. The normalized spacial score (nSPS) is 12.2. The van der Waals surface area contributed by atoms with Crippen molar-refractivity contribution in [2.45, 2.75) is 38.6 Å². The molecule has 154 valence electrons. The van der Waals surface area contributed by atoms with E-state index in [2.05, 4.69) is 28.1 Å². The zero-order chi connectivity index (χ0) is 20.9. The number of aryl methyl sites for hydroxylation is 1. The molecular formula is C23H25N5OS. The highest BCUT2D eigenvalue weighted by Gasteiger charge is 2.17. The topological polar surface area (TPSA) is 63.9 Å². The van der Waals surface area contributed by atoms with Crippen molar-refractivity contribution in [1.29, 1.82) is 0 Å². The molecule has 1 atom stereocenters. The fourth-order valence-corrected chi connectivity index (χ4v) is 4.45. The minimum Gasteiger partial charge on any atom is -0.339 e. The molecule has 0 aliphatic rings. The van der Waals surface area contributed by atoms with Crippen LogP contribution in [0.1, 0.15) is 42.8 Å². The Hall–Kier alpha value is -3.06. The molecule has 0 N–H and O–H groups in total. The molecule has 0 radical (unpaired) electrons. The van der Waals surface area contributed by atoms with Crippen molar-refractivity contribution >= 4 is 27.5 Å². The molecule has 2 aromatic heterocycles. The number of amides is 1. The summed E-state index contributed by atoms with van der Waals surface area (Å²) in [6.45, 7) is 2.06. The third kappa shape index (κ3) is 4.57. The van der Waals surface area contributed by atoms with Crippen LogP contribution in [0.4, 0.5) is 0 Å². The van der Waals surface area contributed by atoms with E-state index in [9.17, 15) is 4.79 Å². The predicted octanol–water partition coefficient (Wildman–Crippen LogP) is 4.81. The molecule has 0 fully saturated rings. The monoisotopic (exact) mass is 419 g/mol. The number of nitrogens with zero attached hydrogens (tertiary/aromatic N) is 5. The average Bonchev–Trinajstić information content (AvgIpc) is 3.45. The maximum atomic E-state index is 12.7. The molecule has 0 saturated heterocycles. The van der Waals surface area contributed by atoms with Crippen molar-refractivity contribution in [2.24, 2.45) is 0 Å². The van der Waals surface area contributed by atoms with Gasteiger partial charge in [0.2, 0.25) is 5.91 Å². The summed E-state index contributed by atoms with van der Waals surface area (Å²) in [5.41, 5.74) is 3.12. The lowest BCUT2D eigenvalue weighted by Crippen LogP contribution is -2.29. The molecule has 6 nitrogen and oxygen atoms in total. The van der Waals surface area contributed by atoms with Crippen LogP contribution in [0.25, 0.3) is 15.9 Å². The van der Waals surface area contributed by atoms with Crippen LogP contribution in [-0.4, -0.2) is 37.6 Å². The molecule has 7 heteroatoms. The third-order valence-corrected chi connectivity index (χ3v) is 6.50. The molecule has 0 spiro atoms. The van der Waals surface area contributed by atoms with Gasteiger partial charge in [0, 0.05) is 13.5 Å². The maximum absolute atomic E-state index is 12.7. The average molecular weight is 420 g/mol. The Labute approximate surface area is 180 Å². The van der Waals surface area contributed by atoms with Gasteiger partial charge in [0.25, 0.3) is 0 Å². The van der Waals surface area contributed by atoms with Gasteiger partial charge in [0.15, 0.2) is 0 Å². The second-order valence-corrected chi connectivity index (χ2v) is 8.51. The Bertz CT molecular complexity index is 1070. The van der Waals surface area contributed by atoms with Crippen molar-refractivity contribution in [3.05, 3.63) is 71.8 Å². The summed E-state index contributed by atoms with van der Waals surface area (Å²) < 4.78 is 2.95. The summed E-state index contributed by atoms with van der Waals surface area (Å²) in [7, 11) is 1.88. The molecule has 4 aromatic rings. The molecule has 30 heavy (non-hydrogen) atoms. The molecule has 2 aromatic carbocycles. The first-order valence-electron chi connectivity index (χ1n) is 10.2. The number of benzene rings is 2. The number of hydrogen-bond donors (Lipinski definition) is 0. The lowest BCUT2D eigenvalue weighted by Gasteiger charge is -2.25. The van der Waals surface area contributed by atoms with Gasteiger partial charge < -0.3 is 4.90 Å². The fraction of sp³-hybridized carbons (Fsp3) is 0.304. The lowest BCUT2D eigenvalue weighted by atomic mass is 10.1. The van der Waals surface area contributed by atoms with Crippen LogP contribution in [0.3, 0.4) is 0 Å². The SMILES string of the molecule is C[C@@H](c1ccc(-n2cncn2)cc1)N(C)C(=O)CCCCc1nc2ccccc2s1. The van der Waals surface area contributed by atoms with Gasteiger partial charge in [-0.2, -0.15) is 5.10 Å². The minimum atomic E-state index is 0.0200. The summed E-state index contributed by atoms with van der Waals surface area (Å²) in [6, 6.07) is 16.3. The highest BCUT2D eigenvalue weighted by molar-refractivity contribution is 7.18. The number of unbranched alkanes of at least 4 members (excludes halogenated alkanes) is 1. The Balaban J connectivity index is 1.26. The van der Waals surface area contributed by atoms with E-state index in [1.165, 1.54) is 11.0 Å². The Morgan fingerprint density at radius 2 is 1.93 bits per heavy atom. The largest absolute Gasteiger partial charge is 0.339 e. The number of hydrogen-bond acceptors (Lipinski definition) is 5. The second-order valence-electron chi connectivity index (χ2n) is 7.39. The quantitative estimate of drug-likeness (QED) is 0.385. The van der Waals surface area contributed by atoms with Gasteiger partial charge in [-0.15, -0.1) is 11.3 Å². The van der Waals surface area contributed by atoms with Crippen LogP contribution in [0.15, 0.2) is 61.2 Å². The first-order chi connectivity index (χ1) is 14.6. The summed E-state index contributed by atoms with van der Waals surface area (Å²) in [5, 5.41) is 5.29. The van der Waals surface area contributed by atoms with Crippen LogP contribution in [-0.2, 0) is 11.2 Å². The van der Waals surface area contributed by atoms with E-state index in [-0.39, 0.29) is 11.9 Å². The van der Waals surface area contributed by atoms with Gasteiger partial charge >= 0.3 is 0 Å². The van der Waals surface area contributed by atoms with Crippen molar-refractivity contribution in [1.82, 2.24) is 24.6 Å². The number of thiazole rings is 1. The van der Waals surface area contributed by atoms with Crippen LogP contribution >= 0.6 is 11.3 Å². The fourth-order valence-electron chi connectivity index (χ4n) is 3.44. The summed E-state index contributed by atoms with van der Waals surface area (Å²) in [6.07, 6.45) is 6.51. The molecular weight excluding hydrogens is 394 g/mol. The first-order valence-corrected chi connectivity index (χ1v) is 11.0. The van der Waals surface area contributed by atoms with E-state index in [0.717, 1.165) is 41.0 Å². The van der Waals surface area contributed by atoms with E-state index in [1.54, 1.807) is 22.3 Å². The van der Waals surface area contributed by atoms with Gasteiger partial charge in [0.05, 0.1) is 27.0 Å².